The van der Waals surface area contributed by atoms with Crippen LogP contribution in [-0.2, 0) is 67.5 Å². The van der Waals surface area contributed by atoms with Gasteiger partial charge in [-0.05, 0) is 0 Å². The summed E-state index contributed by atoms with van der Waals surface area (Å²) in [6, 6.07) is 0. The molecule has 6 unspecified atom stereocenters. The molecule has 6 atom stereocenters. The minimum absolute atomic E-state index is 0. The van der Waals surface area contributed by atoms with E-state index in [4.69, 9.17) is 8.22 Å². The van der Waals surface area contributed by atoms with Crippen LogP contribution in [0.5, 0.6) is 0 Å². The Kier molecular flexibility index (Phi) is 17.4. The number of hydrogen-bond donors (Lipinski definition) is 0. The van der Waals surface area contributed by atoms with E-state index >= 15 is 0 Å². The Balaban J connectivity index is -0.00000294. The van der Waals surface area contributed by atoms with E-state index in [0.717, 1.165) is 0 Å². The van der Waals surface area contributed by atoms with Crippen molar-refractivity contribution in [2.45, 2.75) is 36.5 Å². The van der Waals surface area contributed by atoms with Crippen LogP contribution >= 0.6 is 46.9 Å². The summed E-state index contributed by atoms with van der Waals surface area (Å²) in [5, 5.41) is 0. The van der Waals surface area contributed by atoms with Crippen molar-refractivity contribution in [2.24, 2.45) is 0 Å². The number of phosphoric acid groups is 6. The van der Waals surface area contributed by atoms with Crippen LogP contribution in [0.2, 0.25) is 0 Å². The van der Waals surface area contributed by atoms with Crippen LogP contribution in [0.4, 0.5) is 0 Å². The van der Waals surface area contributed by atoms with E-state index < -0.39 is 83.4 Å². The molecule has 0 radical (unpaired) electrons. The molecule has 4 rings (SSSR count). The molecule has 3 aliphatic heterocycles. The van der Waals surface area contributed by atoms with Gasteiger partial charge in [0.05, 0.1) is 8.22 Å². The zero-order valence-corrected chi connectivity index (χ0v) is 37.6. The largest absolute Gasteiger partial charge is 1.00 e. The molecule has 39 heavy (non-hydrogen) atoms. The summed E-state index contributed by atoms with van der Waals surface area (Å²) < 4.78 is 157. The monoisotopic (exact) mass is 744 g/mol. The van der Waals surface area contributed by atoms with E-state index in [9.17, 15) is 56.8 Å². The van der Waals surface area contributed by atoms with E-state index in [1.54, 1.807) is 0 Å². The van der Waals surface area contributed by atoms with E-state index in [-0.39, 0.29) is 177 Å². The van der Waals surface area contributed by atoms with Crippen molar-refractivity contribution in [1.82, 2.24) is 0 Å². The van der Waals surface area contributed by atoms with Gasteiger partial charge in [0.1, 0.15) is 36.5 Å². The van der Waals surface area contributed by atoms with Crippen LogP contribution in [0, 0.1) is 0 Å². The van der Waals surface area contributed by atoms with E-state index in [0.29, 0.717) is 0 Å². The molecule has 0 aromatic rings. The number of phosphoric ester groups is 6. The maximum atomic E-state index is 12.2. The normalized spacial score (nSPS) is 66.0. The molecule has 0 aromatic carbocycles. The second-order valence-electron chi connectivity index (χ2n) is 5.45. The number of rotatable bonds is 0. The molecule has 21 nitrogen and oxygen atoms in total. The van der Waals surface area contributed by atoms with Crippen LogP contribution in [0.3, 0.4) is 0 Å². The first-order valence-electron chi connectivity index (χ1n) is 10.1. The van der Waals surface area contributed by atoms with E-state index in [2.05, 4.69) is 40.1 Å². The molecule has 192 valence electrons. The first kappa shape index (κ1) is 38.6. The predicted octanol–water partition coefficient (Wildman–Crippen LogP) is -21.8. The molecule has 3 saturated heterocycles. The Morgan fingerprint density at radius 1 is 0.359 bits per heavy atom. The summed E-state index contributed by atoms with van der Waals surface area (Å²) in [7, 11) is -41.1. The number of fused-ring (bicyclic) bond motifs is 6. The standard InChI is InChI=1S/C6H12O21P6.6Na/c7-28(8)19-1-2(20-29(9,10)25-28)4-6(24-33(17,18)27-32(15,16)23-4)5-3(1)21-30(11,12)26-31(13,14)22-5;;;;;;/h1-6H,(H,7,8)(H,9,10)(H,11,12)(H,13,14)(H,15,16)(H,17,18);;;;;;/q;6*+1/p-6/i1D,2D,3D,4D,5D,6D;;;;;;. The quantitative estimate of drug-likeness (QED) is 0.164. The van der Waals surface area contributed by atoms with Crippen molar-refractivity contribution >= 4 is 46.9 Å². The third-order valence-electron chi connectivity index (χ3n) is 3.06. The second kappa shape index (κ2) is 17.6. The Bertz CT molecular complexity index is 1170. The smallest absolute Gasteiger partial charge is 0.756 e. The van der Waals surface area contributed by atoms with Crippen molar-refractivity contribution < 1.29 is 282 Å². The summed E-state index contributed by atoms with van der Waals surface area (Å²) in [4.78, 5) is 73.2. The van der Waals surface area contributed by atoms with Crippen molar-refractivity contribution in [3.8, 4) is 0 Å². The van der Waals surface area contributed by atoms with Gasteiger partial charge in [-0.3, -0.25) is 27.4 Å². The molecule has 1 aliphatic carbocycles. The molecule has 0 amide bonds. The third-order valence-corrected chi connectivity index (χ3v) is 10.3. The van der Waals surface area contributed by atoms with Crippen molar-refractivity contribution in [1.29, 1.82) is 0 Å². The van der Waals surface area contributed by atoms with Crippen LogP contribution in [0.25, 0.3) is 0 Å². The van der Waals surface area contributed by atoms with Gasteiger partial charge in [-0.25, -0.2) is 12.9 Å². The Hall–Kier alpha value is 6.78. The molecule has 0 aromatic heterocycles. The van der Waals surface area contributed by atoms with Crippen LogP contribution in [-0.4, -0.2) is 36.5 Å². The van der Waals surface area contributed by atoms with Crippen molar-refractivity contribution in [3.63, 3.8) is 0 Å². The van der Waals surface area contributed by atoms with Crippen LogP contribution < -0.4 is 207 Å². The van der Waals surface area contributed by atoms with Gasteiger partial charge in [0.25, 0.3) is 46.9 Å². The summed E-state index contributed by atoms with van der Waals surface area (Å²) in [6.45, 7) is 0. The van der Waals surface area contributed by atoms with Crippen LogP contribution in [0.15, 0.2) is 0 Å². The molecule has 4 fully saturated rings. The Labute approximate surface area is 360 Å². The van der Waals surface area contributed by atoms with Gasteiger partial charge in [-0.2, -0.15) is 0 Å². The summed E-state index contributed by atoms with van der Waals surface area (Å²) in [5.74, 6) is 0. The fourth-order valence-electron chi connectivity index (χ4n) is 2.25. The molecule has 3 heterocycles. The molecule has 4 aliphatic rings. The van der Waals surface area contributed by atoms with Gasteiger partial charge >= 0.3 is 177 Å². The van der Waals surface area contributed by atoms with Gasteiger partial charge in [-0.15, -0.1) is 0 Å². The van der Waals surface area contributed by atoms with Crippen LogP contribution in [0.1, 0.15) is 8.22 Å². The minimum Gasteiger partial charge on any atom is -0.756 e. The molecule has 33 heteroatoms. The summed E-state index contributed by atoms with van der Waals surface area (Å²) in [5.41, 5.74) is 0. The predicted molar refractivity (Wildman–Crippen MR) is 78.1 cm³/mol. The third kappa shape index (κ3) is 13.2. The van der Waals surface area contributed by atoms with Gasteiger partial charge in [0, 0.05) is 0 Å². The molecule has 0 N–H and O–H groups in total. The number of hydrogen-bond acceptors (Lipinski definition) is 21. The first-order chi connectivity index (χ1) is 16.9. The zero-order chi connectivity index (χ0) is 30.4. The molecular weight excluding hydrogens is 732 g/mol. The SMILES string of the molecule is [2H]C12OP(=O)([O-])OP(=O)([O-])OC1([2H])C1([2H])OP(=O)([O-])OP(=O)([O-])OC1([2H])C1([2H])OP(=O)([O-])OP(=O)([O-])OC21[2H].[Na+].[Na+].[Na+].[Na+].[Na+].[Na+]. The Morgan fingerprint density at radius 2 is 0.462 bits per heavy atom. The molecule has 1 saturated carbocycles. The van der Waals surface area contributed by atoms with Gasteiger partial charge in [-0.1, -0.05) is 0 Å². The molecule has 0 bridgehead atoms. The average Bonchev–Trinajstić information content (AvgIpc) is 2.73. The summed E-state index contributed by atoms with van der Waals surface area (Å²) >= 11 is 0. The summed E-state index contributed by atoms with van der Waals surface area (Å²) in [6.07, 6.45) is -31.4. The van der Waals surface area contributed by atoms with Gasteiger partial charge < -0.3 is 56.5 Å². The fourth-order valence-corrected chi connectivity index (χ4v) is 8.33. The second-order valence-corrected chi connectivity index (χ2v) is 13.9. The molecular formula is C6H6Na6O21P6. The Morgan fingerprint density at radius 3 is 0.564 bits per heavy atom. The van der Waals surface area contributed by atoms with Gasteiger partial charge in [0.15, 0.2) is 0 Å². The fraction of sp³-hybridized carbons (Fsp3) is 1.00. The van der Waals surface area contributed by atoms with E-state index in [1.165, 1.54) is 0 Å². The first-order valence-corrected chi connectivity index (χ1v) is 15.9. The minimum atomic E-state index is -6.85. The van der Waals surface area contributed by atoms with E-state index in [1.807, 2.05) is 0 Å². The maximum absolute atomic E-state index is 12.2. The van der Waals surface area contributed by atoms with Gasteiger partial charge in [0.2, 0.25) is 0 Å². The zero-order valence-electron chi connectivity index (χ0n) is 26.3. The van der Waals surface area contributed by atoms with Crippen molar-refractivity contribution in [2.75, 3.05) is 0 Å². The maximum Gasteiger partial charge on any atom is 1.00 e. The van der Waals surface area contributed by atoms with Crippen molar-refractivity contribution in [3.05, 3.63) is 0 Å². The average molecular weight is 744 g/mol. The molecule has 0 spiro atoms. The topological polar surface area (TPSA) is 324 Å².